The Morgan fingerprint density at radius 3 is 2.40 bits per heavy atom. The summed E-state index contributed by atoms with van der Waals surface area (Å²) in [6.07, 6.45) is 0. The summed E-state index contributed by atoms with van der Waals surface area (Å²) in [5.41, 5.74) is 0.422. The van der Waals surface area contributed by atoms with E-state index >= 15 is 0 Å². The summed E-state index contributed by atoms with van der Waals surface area (Å²) in [5, 5.41) is 3.57. The lowest BCUT2D eigenvalue weighted by Crippen LogP contribution is -2.50. The van der Waals surface area contributed by atoms with Crippen molar-refractivity contribution in [1.29, 1.82) is 0 Å². The van der Waals surface area contributed by atoms with E-state index < -0.39 is 0 Å². The second kappa shape index (κ2) is 8.78. The molecule has 1 heterocycles. The quantitative estimate of drug-likeness (QED) is 0.828. The van der Waals surface area contributed by atoms with Crippen LogP contribution in [-0.2, 0) is 0 Å². The molecule has 132 valence electrons. The van der Waals surface area contributed by atoms with Crippen LogP contribution in [0.15, 0.2) is 54.6 Å². The molecule has 0 aliphatic carbocycles. The molecule has 0 bridgehead atoms. The van der Waals surface area contributed by atoms with E-state index in [0.717, 1.165) is 38.5 Å². The lowest BCUT2D eigenvalue weighted by Gasteiger charge is -2.36. The van der Waals surface area contributed by atoms with Gasteiger partial charge in [-0.3, -0.25) is 4.90 Å². The Morgan fingerprint density at radius 2 is 1.68 bits per heavy atom. The molecule has 0 radical (unpaired) electrons. The molecule has 0 spiro atoms. The minimum absolute atomic E-state index is 0.290. The van der Waals surface area contributed by atoms with Gasteiger partial charge >= 0.3 is 0 Å². The molecular weight excluding hydrogens is 337 g/mol. The second-order valence-corrected chi connectivity index (χ2v) is 6.29. The summed E-state index contributed by atoms with van der Waals surface area (Å²) in [5.74, 6) is 0.609. The van der Waals surface area contributed by atoms with Gasteiger partial charge in [0.15, 0.2) is 5.11 Å². The Kier molecular flexibility index (Phi) is 6.19. The predicted molar refractivity (Wildman–Crippen MR) is 103 cm³/mol. The number of para-hydroxylation sites is 2. The molecule has 0 aromatic heterocycles. The largest absolute Gasteiger partial charge is 0.492 e. The fraction of sp³-hybridized carbons (Fsp3) is 0.316. The number of benzene rings is 2. The number of anilines is 1. The molecular formula is C19H22FN3OS. The van der Waals surface area contributed by atoms with E-state index in [2.05, 4.69) is 15.1 Å². The van der Waals surface area contributed by atoms with Gasteiger partial charge in [-0.25, -0.2) is 4.39 Å². The van der Waals surface area contributed by atoms with Crippen molar-refractivity contribution < 1.29 is 9.13 Å². The van der Waals surface area contributed by atoms with Gasteiger partial charge < -0.3 is 15.0 Å². The molecule has 0 amide bonds. The van der Waals surface area contributed by atoms with Gasteiger partial charge in [-0.05, 0) is 36.5 Å². The normalized spacial score (nSPS) is 15.0. The molecule has 6 heteroatoms. The molecule has 4 nitrogen and oxygen atoms in total. The molecule has 2 aromatic carbocycles. The van der Waals surface area contributed by atoms with Crippen LogP contribution in [0.3, 0.4) is 0 Å². The first-order chi connectivity index (χ1) is 12.2. The van der Waals surface area contributed by atoms with Crippen molar-refractivity contribution in [2.75, 3.05) is 44.6 Å². The van der Waals surface area contributed by atoms with Gasteiger partial charge in [-0.2, -0.15) is 0 Å². The Hall–Kier alpha value is -2.18. The first kappa shape index (κ1) is 17.6. The van der Waals surface area contributed by atoms with E-state index in [0.29, 0.717) is 17.4 Å². The molecule has 0 unspecified atom stereocenters. The van der Waals surface area contributed by atoms with Crippen molar-refractivity contribution in [3.8, 4) is 5.75 Å². The van der Waals surface area contributed by atoms with Crippen molar-refractivity contribution in [2.45, 2.75) is 0 Å². The molecule has 0 atom stereocenters. The number of piperazine rings is 1. The minimum Gasteiger partial charge on any atom is -0.492 e. The van der Waals surface area contributed by atoms with Crippen LogP contribution in [0.25, 0.3) is 0 Å². The van der Waals surface area contributed by atoms with Crippen LogP contribution >= 0.6 is 12.2 Å². The Labute approximate surface area is 153 Å². The molecule has 3 rings (SSSR count). The number of halogens is 1. The maximum Gasteiger partial charge on any atom is 0.173 e. The zero-order valence-electron chi connectivity index (χ0n) is 14.0. The molecule has 1 fully saturated rings. The van der Waals surface area contributed by atoms with Gasteiger partial charge in [-0.1, -0.05) is 30.3 Å². The van der Waals surface area contributed by atoms with E-state index in [9.17, 15) is 4.39 Å². The van der Waals surface area contributed by atoms with Crippen molar-refractivity contribution in [3.63, 3.8) is 0 Å². The van der Waals surface area contributed by atoms with Crippen LogP contribution in [-0.4, -0.2) is 54.2 Å². The number of rotatable bonds is 5. The summed E-state index contributed by atoms with van der Waals surface area (Å²) in [7, 11) is 0. The first-order valence-corrected chi connectivity index (χ1v) is 8.84. The number of nitrogens with zero attached hydrogens (tertiary/aromatic N) is 2. The van der Waals surface area contributed by atoms with Crippen molar-refractivity contribution in [3.05, 3.63) is 60.4 Å². The van der Waals surface area contributed by atoms with E-state index in [1.54, 1.807) is 18.2 Å². The molecule has 1 aliphatic heterocycles. The topological polar surface area (TPSA) is 27.7 Å². The molecule has 1 N–H and O–H groups in total. The Balaban J connectivity index is 1.39. The third-order valence-electron chi connectivity index (χ3n) is 4.19. The number of thiocarbonyl (C=S) groups is 1. The van der Waals surface area contributed by atoms with Gasteiger partial charge in [0, 0.05) is 32.7 Å². The van der Waals surface area contributed by atoms with Crippen molar-refractivity contribution in [1.82, 2.24) is 9.80 Å². The highest BCUT2D eigenvalue weighted by Gasteiger charge is 2.19. The number of hydrogen-bond donors (Lipinski definition) is 1. The predicted octanol–water partition coefficient (Wildman–Crippen LogP) is 3.22. The van der Waals surface area contributed by atoms with Gasteiger partial charge in [0.2, 0.25) is 0 Å². The summed E-state index contributed by atoms with van der Waals surface area (Å²) in [4.78, 5) is 4.43. The second-order valence-electron chi connectivity index (χ2n) is 5.90. The van der Waals surface area contributed by atoms with E-state index in [4.69, 9.17) is 17.0 Å². The molecule has 2 aromatic rings. The fourth-order valence-electron chi connectivity index (χ4n) is 2.74. The highest BCUT2D eigenvalue weighted by molar-refractivity contribution is 7.80. The van der Waals surface area contributed by atoms with Crippen LogP contribution in [0, 0.1) is 5.82 Å². The van der Waals surface area contributed by atoms with Gasteiger partial charge in [0.1, 0.15) is 18.2 Å². The van der Waals surface area contributed by atoms with Crippen LogP contribution in [0.1, 0.15) is 0 Å². The Morgan fingerprint density at radius 1 is 1.00 bits per heavy atom. The maximum atomic E-state index is 13.7. The molecule has 0 saturated carbocycles. The highest BCUT2D eigenvalue weighted by atomic mass is 32.1. The molecule has 25 heavy (non-hydrogen) atoms. The SMILES string of the molecule is Fc1ccccc1NC(=S)N1CCN(CCOc2ccccc2)CC1. The number of hydrogen-bond acceptors (Lipinski definition) is 3. The lowest BCUT2D eigenvalue weighted by molar-refractivity contribution is 0.155. The maximum absolute atomic E-state index is 13.7. The molecule has 1 aliphatic rings. The summed E-state index contributed by atoms with van der Waals surface area (Å²) in [6.45, 7) is 5.03. The van der Waals surface area contributed by atoms with Gasteiger partial charge in [-0.15, -0.1) is 0 Å². The number of ether oxygens (including phenoxy) is 1. The zero-order chi connectivity index (χ0) is 17.5. The Bertz CT molecular complexity index is 690. The van der Waals surface area contributed by atoms with Crippen molar-refractivity contribution in [2.24, 2.45) is 0 Å². The lowest BCUT2D eigenvalue weighted by atomic mass is 10.3. The monoisotopic (exact) mass is 359 g/mol. The van der Waals surface area contributed by atoms with Crippen LogP contribution in [0.5, 0.6) is 5.75 Å². The van der Waals surface area contributed by atoms with E-state index in [1.165, 1.54) is 6.07 Å². The fourth-order valence-corrected chi connectivity index (χ4v) is 3.03. The first-order valence-electron chi connectivity index (χ1n) is 8.43. The minimum atomic E-state index is -0.290. The highest BCUT2D eigenvalue weighted by Crippen LogP contribution is 2.14. The average Bonchev–Trinajstić information content (AvgIpc) is 2.65. The standard InChI is InChI=1S/C19H22FN3OS/c20-17-8-4-5-9-18(17)21-19(25)23-12-10-22(11-13-23)14-15-24-16-6-2-1-3-7-16/h1-9H,10-15H2,(H,21,25). The van der Waals surface area contributed by atoms with Gasteiger partial charge in [0.05, 0.1) is 5.69 Å². The average molecular weight is 359 g/mol. The van der Waals surface area contributed by atoms with Crippen molar-refractivity contribution >= 4 is 23.0 Å². The van der Waals surface area contributed by atoms with E-state index in [-0.39, 0.29) is 5.82 Å². The van der Waals surface area contributed by atoms with Crippen LogP contribution in [0.2, 0.25) is 0 Å². The van der Waals surface area contributed by atoms with Crippen LogP contribution in [0.4, 0.5) is 10.1 Å². The number of nitrogens with one attached hydrogen (secondary N) is 1. The summed E-state index contributed by atoms with van der Waals surface area (Å²) in [6, 6.07) is 16.4. The van der Waals surface area contributed by atoms with Crippen LogP contribution < -0.4 is 10.1 Å². The molecule has 1 saturated heterocycles. The smallest absolute Gasteiger partial charge is 0.173 e. The zero-order valence-corrected chi connectivity index (χ0v) is 14.8. The third-order valence-corrected chi connectivity index (χ3v) is 4.55. The third kappa shape index (κ3) is 5.14. The van der Waals surface area contributed by atoms with Gasteiger partial charge in [0.25, 0.3) is 0 Å². The summed E-state index contributed by atoms with van der Waals surface area (Å²) < 4.78 is 19.4. The van der Waals surface area contributed by atoms with E-state index in [1.807, 2.05) is 30.3 Å². The summed E-state index contributed by atoms with van der Waals surface area (Å²) >= 11 is 5.41.